The van der Waals surface area contributed by atoms with Crippen LogP contribution >= 0.6 is 0 Å². The van der Waals surface area contributed by atoms with Crippen molar-refractivity contribution in [3.8, 4) is 5.75 Å². The molecule has 0 spiro atoms. The van der Waals surface area contributed by atoms with Crippen molar-refractivity contribution in [3.05, 3.63) is 65.3 Å². The number of imide groups is 3. The molecule has 1 N–H and O–H groups in total. The number of carbonyl (C=O) groups excluding carboxylic acids is 5. The first-order chi connectivity index (χ1) is 17.6. The van der Waals surface area contributed by atoms with Crippen LogP contribution < -0.4 is 0 Å². The molecule has 5 rings (SSSR count). The minimum atomic E-state index is -1.19. The third-order valence-corrected chi connectivity index (χ3v) is 8.83. The van der Waals surface area contributed by atoms with Crippen molar-refractivity contribution < 1.29 is 33.8 Å². The van der Waals surface area contributed by atoms with Crippen LogP contribution in [0.3, 0.4) is 0 Å². The van der Waals surface area contributed by atoms with E-state index < -0.39 is 52.9 Å². The number of amides is 3. The topological polar surface area (TPSA) is 118 Å². The van der Waals surface area contributed by atoms with Gasteiger partial charge in [0.2, 0.25) is 11.8 Å². The molecule has 4 aliphatic rings. The highest BCUT2D eigenvalue weighted by Gasteiger charge is 2.64. The van der Waals surface area contributed by atoms with E-state index in [0.29, 0.717) is 28.0 Å². The lowest BCUT2D eigenvalue weighted by Crippen LogP contribution is -2.54. The fourth-order valence-electron chi connectivity index (χ4n) is 7.18. The Morgan fingerprint density at radius 2 is 1.95 bits per heavy atom. The lowest BCUT2D eigenvalue weighted by molar-refractivity contribution is -0.141. The molecule has 37 heavy (non-hydrogen) atoms. The Bertz CT molecular complexity index is 1340. The van der Waals surface area contributed by atoms with Gasteiger partial charge >= 0.3 is 6.09 Å². The Morgan fingerprint density at radius 3 is 2.62 bits per heavy atom. The monoisotopic (exact) mass is 503 g/mol. The van der Waals surface area contributed by atoms with Gasteiger partial charge in [0.1, 0.15) is 5.75 Å². The van der Waals surface area contributed by atoms with Crippen molar-refractivity contribution in [3.63, 3.8) is 0 Å². The summed E-state index contributed by atoms with van der Waals surface area (Å²) in [6.45, 7) is 7.15. The number of ether oxygens (including phenoxy) is 1. The number of rotatable bonds is 3. The first-order valence-electron chi connectivity index (χ1n) is 12.4. The van der Waals surface area contributed by atoms with Crippen LogP contribution in [0.15, 0.2) is 54.2 Å². The number of likely N-dealkylation sites (tertiary alicyclic amines) is 1. The van der Waals surface area contributed by atoms with Crippen molar-refractivity contribution in [1.82, 2.24) is 4.90 Å². The number of para-hydroxylation sites is 1. The second-order valence-electron chi connectivity index (χ2n) is 10.6. The molecule has 192 valence electrons. The van der Waals surface area contributed by atoms with E-state index in [9.17, 15) is 29.1 Å². The number of phenolic OH excluding ortho intramolecular Hbond substituents is 1. The van der Waals surface area contributed by atoms with Crippen LogP contribution in [0.4, 0.5) is 4.79 Å². The van der Waals surface area contributed by atoms with Gasteiger partial charge in [-0.25, -0.2) is 4.79 Å². The molecule has 1 aromatic carbocycles. The Morgan fingerprint density at radius 1 is 1.22 bits per heavy atom. The number of Topliss-reactive ketones (excluding diaryl/α,β-unsaturated/α-hetero) is 1. The van der Waals surface area contributed by atoms with E-state index in [4.69, 9.17) is 0 Å². The summed E-state index contributed by atoms with van der Waals surface area (Å²) in [5.41, 5.74) is 1.04. The zero-order chi connectivity index (χ0) is 26.8. The molecule has 1 heterocycles. The Balaban J connectivity index is 1.72. The zero-order valence-electron chi connectivity index (χ0n) is 21.0. The Hall–Kier alpha value is -3.81. The highest BCUT2D eigenvalue weighted by Crippen LogP contribution is 2.63. The summed E-state index contributed by atoms with van der Waals surface area (Å²) in [7, 11) is 1.11. The predicted molar refractivity (Wildman–Crippen MR) is 132 cm³/mol. The lowest BCUT2D eigenvalue weighted by atomic mass is 9.47. The van der Waals surface area contributed by atoms with Gasteiger partial charge in [0.15, 0.2) is 11.6 Å². The SMILES string of the molecule is C=CCc1cccc([C@H]2C3=CC[C@@H]4C(=O)N(C(=O)OC)C(=O)[C@@H]4[C@@H]3C[C@H]3C(=O)C=C(C)C(=O)[C@@]23C)c1O. The number of carbonyl (C=O) groups is 5. The van der Waals surface area contributed by atoms with Crippen molar-refractivity contribution >= 4 is 29.5 Å². The first kappa shape index (κ1) is 24.9. The van der Waals surface area contributed by atoms with E-state index in [1.807, 2.05) is 6.08 Å². The van der Waals surface area contributed by atoms with Crippen molar-refractivity contribution in [1.29, 1.82) is 0 Å². The maximum absolute atomic E-state index is 13.8. The first-order valence-corrected chi connectivity index (χ1v) is 12.4. The van der Waals surface area contributed by atoms with Gasteiger partial charge < -0.3 is 9.84 Å². The number of allylic oxidation sites excluding steroid dienone is 5. The minimum absolute atomic E-state index is 0.0218. The smallest absolute Gasteiger partial charge is 0.423 e. The predicted octanol–water partition coefficient (Wildman–Crippen LogP) is 3.64. The molecule has 6 atom stereocenters. The summed E-state index contributed by atoms with van der Waals surface area (Å²) in [4.78, 5) is 66.5. The average molecular weight is 504 g/mol. The van der Waals surface area contributed by atoms with Gasteiger partial charge in [-0.1, -0.05) is 42.8 Å². The van der Waals surface area contributed by atoms with E-state index in [0.717, 1.165) is 12.7 Å². The maximum atomic E-state index is 13.8. The van der Waals surface area contributed by atoms with Crippen molar-refractivity contribution in [2.24, 2.45) is 29.1 Å². The van der Waals surface area contributed by atoms with Gasteiger partial charge in [0.25, 0.3) is 0 Å². The molecule has 1 aromatic rings. The molecule has 2 fully saturated rings. The number of phenols is 1. The molecule has 1 aliphatic heterocycles. The molecule has 0 unspecified atom stereocenters. The van der Waals surface area contributed by atoms with Gasteiger partial charge in [-0.15, -0.1) is 6.58 Å². The molecule has 1 saturated carbocycles. The van der Waals surface area contributed by atoms with Crippen LogP contribution in [0.1, 0.15) is 43.7 Å². The summed E-state index contributed by atoms with van der Waals surface area (Å²) in [6, 6.07) is 5.32. The number of ketones is 2. The van der Waals surface area contributed by atoms with Crippen LogP contribution in [0.2, 0.25) is 0 Å². The maximum Gasteiger partial charge on any atom is 0.423 e. The Labute approximate surface area is 214 Å². The third-order valence-electron chi connectivity index (χ3n) is 8.83. The standard InChI is InChI=1S/C29H29NO7/c1-5-7-15-8-6-9-18(24(15)32)23-16-10-11-17-22(27(35)30(26(17)34)28(36)37-4)19(16)13-20-21(31)12-14(2)25(33)29(20,23)3/h5-6,8-10,12,17,19-20,22-23,32H,1,7,11,13H2,2-4H3/t17-,19+,20-,22-,23+,29+/m0/s1. The lowest BCUT2D eigenvalue weighted by Gasteiger charge is -2.53. The molecule has 0 radical (unpaired) electrons. The summed E-state index contributed by atoms with van der Waals surface area (Å²) in [5, 5.41) is 11.3. The average Bonchev–Trinajstić information content (AvgIpc) is 3.13. The quantitative estimate of drug-likeness (QED) is 0.494. The molecule has 1 saturated heterocycles. The van der Waals surface area contributed by atoms with Gasteiger partial charge in [0.05, 0.1) is 24.4 Å². The van der Waals surface area contributed by atoms with Crippen LogP contribution in [-0.2, 0) is 30.3 Å². The number of hydrogen-bond acceptors (Lipinski definition) is 7. The second kappa shape index (κ2) is 8.64. The molecule has 0 bridgehead atoms. The van der Waals surface area contributed by atoms with Gasteiger partial charge in [0, 0.05) is 17.4 Å². The van der Waals surface area contributed by atoms with Crippen molar-refractivity contribution in [2.45, 2.75) is 39.0 Å². The summed E-state index contributed by atoms with van der Waals surface area (Å²) in [6.07, 6.45) is 4.67. The number of aromatic hydroxyl groups is 1. The Kier molecular flexibility index (Phi) is 5.81. The largest absolute Gasteiger partial charge is 0.507 e. The van der Waals surface area contributed by atoms with Crippen LogP contribution in [0.25, 0.3) is 0 Å². The third kappa shape index (κ3) is 3.31. The number of nitrogens with zero attached hydrogens (tertiary/aromatic N) is 1. The molecule has 8 nitrogen and oxygen atoms in total. The summed E-state index contributed by atoms with van der Waals surface area (Å²) in [5.74, 6) is -5.25. The van der Waals surface area contributed by atoms with Crippen LogP contribution in [-0.4, -0.2) is 46.6 Å². The van der Waals surface area contributed by atoms with Crippen LogP contribution in [0, 0.1) is 29.1 Å². The fourth-order valence-corrected chi connectivity index (χ4v) is 7.18. The van der Waals surface area contributed by atoms with Crippen molar-refractivity contribution in [2.75, 3.05) is 7.11 Å². The van der Waals surface area contributed by atoms with Gasteiger partial charge in [-0.2, -0.15) is 4.90 Å². The number of hydrogen-bond donors (Lipinski definition) is 1. The normalized spacial score (nSPS) is 32.7. The van der Waals surface area contributed by atoms with E-state index >= 15 is 0 Å². The van der Waals surface area contributed by atoms with E-state index in [1.54, 1.807) is 38.1 Å². The summed E-state index contributed by atoms with van der Waals surface area (Å²) < 4.78 is 4.68. The minimum Gasteiger partial charge on any atom is -0.507 e. The van der Waals surface area contributed by atoms with E-state index in [-0.39, 0.29) is 30.2 Å². The molecule has 3 aliphatic carbocycles. The van der Waals surface area contributed by atoms with E-state index in [1.165, 1.54) is 6.08 Å². The highest BCUT2D eigenvalue weighted by molar-refractivity contribution is 6.16. The second-order valence-corrected chi connectivity index (χ2v) is 10.6. The molecular formula is C29H29NO7. The molecule has 3 amide bonds. The van der Waals surface area contributed by atoms with Crippen LogP contribution in [0.5, 0.6) is 5.75 Å². The van der Waals surface area contributed by atoms with Gasteiger partial charge in [-0.05, 0) is 49.3 Å². The molecular weight excluding hydrogens is 474 g/mol. The fraction of sp³-hybridized carbons (Fsp3) is 0.414. The van der Waals surface area contributed by atoms with E-state index in [2.05, 4.69) is 11.3 Å². The number of benzene rings is 1. The number of fused-ring (bicyclic) bond motifs is 4. The summed E-state index contributed by atoms with van der Waals surface area (Å²) >= 11 is 0. The molecule has 0 aromatic heterocycles. The zero-order valence-corrected chi connectivity index (χ0v) is 21.0. The number of methoxy groups -OCH3 is 1. The van der Waals surface area contributed by atoms with Gasteiger partial charge in [-0.3, -0.25) is 19.2 Å². The molecule has 8 heteroatoms. The highest BCUT2D eigenvalue weighted by atomic mass is 16.5.